The normalized spacial score (nSPS) is 16.1. The molecule has 3 heterocycles. The third-order valence-corrected chi connectivity index (χ3v) is 10.8. The summed E-state index contributed by atoms with van der Waals surface area (Å²) in [5.41, 5.74) is 2.19. The molecule has 0 spiro atoms. The van der Waals surface area contributed by atoms with Crippen LogP contribution in [0.3, 0.4) is 0 Å². The number of amides is 1. The molecule has 2 aromatic heterocycles. The lowest BCUT2D eigenvalue weighted by atomic mass is 9.92. The summed E-state index contributed by atoms with van der Waals surface area (Å²) in [7, 11) is 0.000151. The number of carbonyl (C=O) groups is 1. The van der Waals surface area contributed by atoms with Crippen LogP contribution < -0.4 is 4.80 Å². The highest BCUT2D eigenvalue weighted by Gasteiger charge is 2.31. The molecule has 1 unspecified atom stereocenters. The number of piperidine rings is 1. The molecule has 1 atom stereocenters. The fraction of sp³-hybridized carbons (Fsp3) is 0.393. The van der Waals surface area contributed by atoms with E-state index in [2.05, 4.69) is 15.2 Å². The molecule has 1 aliphatic rings. The number of halogens is 1. The van der Waals surface area contributed by atoms with Gasteiger partial charge >= 0.3 is 0 Å². The van der Waals surface area contributed by atoms with Crippen LogP contribution in [0.2, 0.25) is 5.02 Å². The van der Waals surface area contributed by atoms with Gasteiger partial charge in [0, 0.05) is 49.2 Å². The Balaban J connectivity index is 1.24. The molecule has 12 heteroatoms. The lowest BCUT2D eigenvalue weighted by molar-refractivity contribution is -0.131. The second kappa shape index (κ2) is 11.5. The molecule has 0 saturated carbocycles. The second-order valence-corrected chi connectivity index (χ2v) is 13.7. The van der Waals surface area contributed by atoms with E-state index >= 15 is 0 Å². The number of hydrogen-bond acceptors (Lipinski definition) is 7. The minimum Gasteiger partial charge on any atom is -0.380 e. The van der Waals surface area contributed by atoms with E-state index in [4.69, 9.17) is 11.6 Å². The van der Waals surface area contributed by atoms with E-state index in [1.165, 1.54) is 0 Å². The molecule has 40 heavy (non-hydrogen) atoms. The summed E-state index contributed by atoms with van der Waals surface area (Å²) >= 11 is 7.59. The summed E-state index contributed by atoms with van der Waals surface area (Å²) in [4.78, 5) is 21.2. The first kappa shape index (κ1) is 28.5. The maximum atomic E-state index is 13.0. The van der Waals surface area contributed by atoms with Crippen molar-refractivity contribution in [1.29, 1.82) is 0 Å². The fourth-order valence-corrected chi connectivity index (χ4v) is 8.01. The summed E-state index contributed by atoms with van der Waals surface area (Å²) in [5.74, 6) is -0.259. The summed E-state index contributed by atoms with van der Waals surface area (Å²) in [6.45, 7) is 2.94. The molecule has 1 saturated heterocycles. The monoisotopic (exact) mass is 601 g/mol. The van der Waals surface area contributed by atoms with Crippen LogP contribution in [-0.4, -0.2) is 65.0 Å². The van der Waals surface area contributed by atoms with E-state index in [1.54, 1.807) is 59.7 Å². The maximum absolute atomic E-state index is 13.0. The molecule has 0 radical (unpaired) electrons. The van der Waals surface area contributed by atoms with Crippen molar-refractivity contribution in [3.63, 3.8) is 0 Å². The number of carbonyl (C=O) groups excluding carboxylic acids is 1. The topological polar surface area (TPSA) is 121 Å². The zero-order valence-corrected chi connectivity index (χ0v) is 25.0. The molecule has 2 N–H and O–H groups in total. The van der Waals surface area contributed by atoms with Crippen LogP contribution in [0.1, 0.15) is 53.2 Å². The predicted molar refractivity (Wildman–Crippen MR) is 156 cm³/mol. The fourth-order valence-electron chi connectivity index (χ4n) is 5.29. The van der Waals surface area contributed by atoms with Crippen LogP contribution in [0, 0.1) is 6.92 Å². The number of aromatic amines is 1. The molecular formula is C28H32ClN5O4S2. The average Bonchev–Trinajstić information content (AvgIpc) is 3.53. The standard InChI is InChI=1S/C28H32ClN5O4S2/c1-17-14-23(32-31-17)26(36)25-27(39-28(30-2)33(25)3)18-8-11-34(12-9-18)24(35)10-13-40(37,38)22-7-5-19-15-21(29)6-4-20(19)16-22/h4-7,14-16,18,26,36H,8-13H2,1-3H3,(H,31,32). The van der Waals surface area contributed by atoms with Gasteiger partial charge in [0.05, 0.1) is 22.0 Å². The van der Waals surface area contributed by atoms with Gasteiger partial charge in [0.2, 0.25) is 5.91 Å². The number of H-pyrrole nitrogens is 1. The number of nitrogens with one attached hydrogen (secondary N) is 1. The quantitative estimate of drug-likeness (QED) is 0.330. The Hall–Kier alpha value is -2.99. The number of aromatic nitrogens is 3. The minimum absolute atomic E-state index is 0.0685. The summed E-state index contributed by atoms with van der Waals surface area (Å²) < 4.78 is 27.9. The molecule has 4 aromatic rings. The number of nitrogens with zero attached hydrogens (tertiary/aromatic N) is 4. The lowest BCUT2D eigenvalue weighted by Gasteiger charge is -2.32. The van der Waals surface area contributed by atoms with Gasteiger partial charge in [-0.3, -0.25) is 14.9 Å². The first-order chi connectivity index (χ1) is 19.1. The van der Waals surface area contributed by atoms with Gasteiger partial charge in [-0.1, -0.05) is 23.7 Å². The smallest absolute Gasteiger partial charge is 0.223 e. The van der Waals surface area contributed by atoms with E-state index in [1.807, 2.05) is 24.6 Å². The summed E-state index contributed by atoms with van der Waals surface area (Å²) in [6.07, 6.45) is 0.471. The molecule has 0 bridgehead atoms. The number of likely N-dealkylation sites (tertiary alicyclic amines) is 1. The van der Waals surface area contributed by atoms with Crippen LogP contribution in [0.4, 0.5) is 0 Å². The van der Waals surface area contributed by atoms with Crippen molar-refractivity contribution < 1.29 is 18.3 Å². The third-order valence-electron chi connectivity index (χ3n) is 7.49. The van der Waals surface area contributed by atoms with E-state index < -0.39 is 15.9 Å². The van der Waals surface area contributed by atoms with Crippen molar-refractivity contribution >= 4 is 49.5 Å². The van der Waals surface area contributed by atoms with Crippen LogP contribution in [0.5, 0.6) is 0 Å². The Bertz CT molecular complexity index is 1730. The molecule has 1 fully saturated rings. The molecule has 2 aromatic carbocycles. The zero-order valence-electron chi connectivity index (χ0n) is 22.6. The minimum atomic E-state index is -3.62. The van der Waals surface area contributed by atoms with Gasteiger partial charge in [-0.25, -0.2) is 8.42 Å². The highest BCUT2D eigenvalue weighted by Crippen LogP contribution is 2.36. The number of thiazole rings is 1. The number of hydrogen-bond donors (Lipinski definition) is 2. The number of aryl methyl sites for hydroxylation is 1. The van der Waals surface area contributed by atoms with Crippen molar-refractivity contribution in [2.45, 2.75) is 43.1 Å². The van der Waals surface area contributed by atoms with E-state index in [9.17, 15) is 18.3 Å². The number of aliphatic hydroxyl groups is 1. The average molecular weight is 602 g/mol. The SMILES string of the molecule is CN=c1sc(C2CCN(C(=O)CCS(=O)(=O)c3ccc4cc(Cl)ccc4c3)CC2)c(C(O)c2cc(C)[nH]n2)n1C. The van der Waals surface area contributed by atoms with Gasteiger partial charge < -0.3 is 14.6 Å². The number of fused-ring (bicyclic) bond motifs is 1. The van der Waals surface area contributed by atoms with Gasteiger partial charge in [0.25, 0.3) is 0 Å². The highest BCUT2D eigenvalue weighted by atomic mass is 35.5. The molecule has 1 amide bonds. The lowest BCUT2D eigenvalue weighted by Crippen LogP contribution is -2.38. The van der Waals surface area contributed by atoms with Gasteiger partial charge in [-0.15, -0.1) is 11.3 Å². The van der Waals surface area contributed by atoms with Gasteiger partial charge in [0.1, 0.15) is 6.10 Å². The Morgan fingerprint density at radius 2 is 1.90 bits per heavy atom. The Morgan fingerprint density at radius 1 is 1.20 bits per heavy atom. The Kier molecular flexibility index (Phi) is 8.19. The molecule has 0 aliphatic carbocycles. The van der Waals surface area contributed by atoms with Crippen LogP contribution in [0.15, 0.2) is 52.4 Å². The molecular weight excluding hydrogens is 570 g/mol. The second-order valence-electron chi connectivity index (χ2n) is 10.2. The Morgan fingerprint density at radius 3 is 2.58 bits per heavy atom. The van der Waals surface area contributed by atoms with Crippen molar-refractivity contribution in [3.8, 4) is 0 Å². The third kappa shape index (κ3) is 5.74. The Labute approximate surface area is 242 Å². The van der Waals surface area contributed by atoms with Crippen molar-refractivity contribution in [1.82, 2.24) is 19.7 Å². The number of sulfone groups is 1. The van der Waals surface area contributed by atoms with Crippen LogP contribution >= 0.6 is 22.9 Å². The molecule has 1 aliphatic heterocycles. The van der Waals surface area contributed by atoms with Crippen LogP contribution in [0.25, 0.3) is 10.8 Å². The molecule has 212 valence electrons. The van der Waals surface area contributed by atoms with E-state index in [-0.39, 0.29) is 28.9 Å². The van der Waals surface area contributed by atoms with Crippen molar-refractivity contribution in [2.75, 3.05) is 25.9 Å². The first-order valence-electron chi connectivity index (χ1n) is 13.1. The largest absolute Gasteiger partial charge is 0.380 e. The predicted octanol–water partition coefficient (Wildman–Crippen LogP) is 4.11. The van der Waals surface area contributed by atoms with Gasteiger partial charge in [-0.2, -0.15) is 5.10 Å². The summed E-state index contributed by atoms with van der Waals surface area (Å²) in [6, 6.07) is 12.1. The van der Waals surface area contributed by atoms with E-state index in [0.717, 1.165) is 31.8 Å². The maximum Gasteiger partial charge on any atom is 0.223 e. The highest BCUT2D eigenvalue weighted by molar-refractivity contribution is 7.91. The van der Waals surface area contributed by atoms with Gasteiger partial charge in [0.15, 0.2) is 14.6 Å². The van der Waals surface area contributed by atoms with Crippen molar-refractivity contribution in [3.05, 3.63) is 74.2 Å². The molecule has 5 rings (SSSR count). The van der Waals surface area contributed by atoms with Gasteiger partial charge in [-0.05, 0) is 66.8 Å². The number of rotatable bonds is 7. The van der Waals surface area contributed by atoms with Crippen LogP contribution in [-0.2, 0) is 21.7 Å². The van der Waals surface area contributed by atoms with E-state index in [0.29, 0.717) is 36.6 Å². The number of aliphatic hydroxyl groups excluding tert-OH is 1. The first-order valence-corrected chi connectivity index (χ1v) is 15.9. The summed E-state index contributed by atoms with van der Waals surface area (Å²) in [5, 5.41) is 20.6. The van der Waals surface area contributed by atoms with Crippen molar-refractivity contribution in [2.24, 2.45) is 12.0 Å². The molecule has 9 nitrogen and oxygen atoms in total. The number of benzene rings is 2. The zero-order chi connectivity index (χ0) is 28.6.